The number of nitrogens with one attached hydrogen (secondary N) is 2. The highest BCUT2D eigenvalue weighted by molar-refractivity contribution is 7.92. The first-order chi connectivity index (χ1) is 8.53. The van der Waals surface area contributed by atoms with Gasteiger partial charge in [0.05, 0.1) is 18.8 Å². The Labute approximate surface area is 106 Å². The molecule has 1 aromatic carbocycles. The van der Waals surface area contributed by atoms with E-state index in [0.717, 1.165) is 17.5 Å². The average molecular weight is 266 g/mol. The number of anilines is 2. The fourth-order valence-corrected chi connectivity index (χ4v) is 2.03. The molecule has 0 aliphatic heterocycles. The molecule has 6 heteroatoms. The van der Waals surface area contributed by atoms with Gasteiger partial charge in [-0.15, -0.1) is 0 Å². The van der Waals surface area contributed by atoms with Gasteiger partial charge in [-0.1, -0.05) is 0 Å². The summed E-state index contributed by atoms with van der Waals surface area (Å²) in [6, 6.07) is 8.92. The Morgan fingerprint density at radius 2 is 1.78 bits per heavy atom. The lowest BCUT2D eigenvalue weighted by molar-refractivity contribution is 0.564. The van der Waals surface area contributed by atoms with E-state index >= 15 is 0 Å². The van der Waals surface area contributed by atoms with Gasteiger partial charge >= 0.3 is 0 Å². The van der Waals surface area contributed by atoms with Gasteiger partial charge in [0.2, 0.25) is 10.0 Å². The van der Waals surface area contributed by atoms with Crippen molar-refractivity contribution < 1.29 is 12.8 Å². The van der Waals surface area contributed by atoms with Crippen LogP contribution in [0.5, 0.6) is 0 Å². The zero-order valence-corrected chi connectivity index (χ0v) is 10.7. The monoisotopic (exact) mass is 266 g/mol. The molecule has 0 spiro atoms. The van der Waals surface area contributed by atoms with Crippen LogP contribution in [0, 0.1) is 0 Å². The normalized spacial score (nSPS) is 11.2. The van der Waals surface area contributed by atoms with Gasteiger partial charge in [0.15, 0.2) is 0 Å². The number of sulfonamides is 1. The van der Waals surface area contributed by atoms with Crippen LogP contribution in [-0.2, 0) is 16.6 Å². The predicted molar refractivity (Wildman–Crippen MR) is 70.9 cm³/mol. The summed E-state index contributed by atoms with van der Waals surface area (Å²) in [5.41, 5.74) is 2.51. The Hall–Kier alpha value is -1.95. The van der Waals surface area contributed by atoms with E-state index in [4.69, 9.17) is 4.42 Å². The molecular formula is C12H14N2O3S. The highest BCUT2D eigenvalue weighted by atomic mass is 32.2. The first-order valence-electron chi connectivity index (χ1n) is 5.36. The van der Waals surface area contributed by atoms with Crippen LogP contribution in [0.1, 0.15) is 5.56 Å². The van der Waals surface area contributed by atoms with Crippen molar-refractivity contribution in [3.8, 4) is 0 Å². The molecule has 0 amide bonds. The molecule has 0 radical (unpaired) electrons. The summed E-state index contributed by atoms with van der Waals surface area (Å²) in [5.74, 6) is 0. The van der Waals surface area contributed by atoms with E-state index in [2.05, 4.69) is 10.0 Å². The van der Waals surface area contributed by atoms with Crippen molar-refractivity contribution >= 4 is 21.4 Å². The van der Waals surface area contributed by atoms with E-state index in [9.17, 15) is 8.42 Å². The number of hydrogen-bond acceptors (Lipinski definition) is 4. The standard InChI is InChI=1S/C12H14N2O3S/c1-18(15,16)14-12-4-2-11(3-5-12)13-8-10-6-7-17-9-10/h2-7,9,13-14H,8H2,1H3. The molecule has 0 atom stereocenters. The van der Waals surface area contributed by atoms with Crippen LogP contribution in [0.15, 0.2) is 47.3 Å². The molecule has 5 nitrogen and oxygen atoms in total. The quantitative estimate of drug-likeness (QED) is 0.870. The molecule has 96 valence electrons. The van der Waals surface area contributed by atoms with Gasteiger partial charge in [0.25, 0.3) is 0 Å². The summed E-state index contributed by atoms with van der Waals surface area (Å²) in [5, 5.41) is 3.20. The van der Waals surface area contributed by atoms with E-state index in [1.54, 1.807) is 24.7 Å². The number of hydrogen-bond donors (Lipinski definition) is 2. The third-order valence-electron chi connectivity index (χ3n) is 2.26. The summed E-state index contributed by atoms with van der Waals surface area (Å²) >= 11 is 0. The molecule has 18 heavy (non-hydrogen) atoms. The topological polar surface area (TPSA) is 71.3 Å². The number of rotatable bonds is 5. The molecule has 0 aliphatic rings. The van der Waals surface area contributed by atoms with Crippen molar-refractivity contribution in [2.24, 2.45) is 0 Å². The zero-order valence-electron chi connectivity index (χ0n) is 9.88. The highest BCUT2D eigenvalue weighted by Gasteiger charge is 2.01. The summed E-state index contributed by atoms with van der Waals surface area (Å²) in [6.45, 7) is 0.662. The second-order valence-corrected chi connectivity index (χ2v) is 5.69. The van der Waals surface area contributed by atoms with Crippen LogP contribution in [0.4, 0.5) is 11.4 Å². The summed E-state index contributed by atoms with van der Waals surface area (Å²) < 4.78 is 29.4. The van der Waals surface area contributed by atoms with Crippen molar-refractivity contribution in [1.29, 1.82) is 0 Å². The SMILES string of the molecule is CS(=O)(=O)Nc1ccc(NCc2ccoc2)cc1. The van der Waals surface area contributed by atoms with Gasteiger partial charge in [-0.2, -0.15) is 0 Å². The molecule has 0 saturated carbocycles. The van der Waals surface area contributed by atoms with Crippen LogP contribution >= 0.6 is 0 Å². The van der Waals surface area contributed by atoms with Gasteiger partial charge in [-0.05, 0) is 30.3 Å². The maximum atomic E-state index is 11.0. The van der Waals surface area contributed by atoms with Gasteiger partial charge in [0, 0.05) is 23.5 Å². The molecule has 0 fully saturated rings. The van der Waals surface area contributed by atoms with Crippen LogP contribution in [0.25, 0.3) is 0 Å². The van der Waals surface area contributed by atoms with Crippen molar-refractivity contribution in [3.63, 3.8) is 0 Å². The fraction of sp³-hybridized carbons (Fsp3) is 0.167. The molecule has 0 unspecified atom stereocenters. The summed E-state index contributed by atoms with van der Waals surface area (Å²) in [7, 11) is -3.22. The van der Waals surface area contributed by atoms with Crippen molar-refractivity contribution in [1.82, 2.24) is 0 Å². The summed E-state index contributed by atoms with van der Waals surface area (Å²) in [4.78, 5) is 0. The summed E-state index contributed by atoms with van der Waals surface area (Å²) in [6.07, 6.45) is 4.42. The third-order valence-corrected chi connectivity index (χ3v) is 2.87. The van der Waals surface area contributed by atoms with E-state index in [1.165, 1.54) is 0 Å². The largest absolute Gasteiger partial charge is 0.472 e. The van der Waals surface area contributed by atoms with Gasteiger partial charge < -0.3 is 9.73 Å². The van der Waals surface area contributed by atoms with E-state index in [1.807, 2.05) is 18.2 Å². The Bertz CT molecular complexity index is 589. The predicted octanol–water partition coefficient (Wildman–Crippen LogP) is 2.26. The number of benzene rings is 1. The lowest BCUT2D eigenvalue weighted by atomic mass is 10.2. The molecular weight excluding hydrogens is 252 g/mol. The van der Waals surface area contributed by atoms with E-state index in [-0.39, 0.29) is 0 Å². The Kier molecular flexibility index (Phi) is 3.57. The van der Waals surface area contributed by atoms with Crippen LogP contribution < -0.4 is 10.0 Å². The van der Waals surface area contributed by atoms with E-state index < -0.39 is 10.0 Å². The first kappa shape index (κ1) is 12.5. The smallest absolute Gasteiger partial charge is 0.229 e. The molecule has 1 heterocycles. The average Bonchev–Trinajstić information content (AvgIpc) is 2.79. The fourth-order valence-electron chi connectivity index (χ4n) is 1.47. The van der Waals surface area contributed by atoms with Crippen LogP contribution in [-0.4, -0.2) is 14.7 Å². The Balaban J connectivity index is 1.95. The minimum absolute atomic E-state index is 0.548. The maximum Gasteiger partial charge on any atom is 0.229 e. The molecule has 2 rings (SSSR count). The third kappa shape index (κ3) is 3.81. The molecule has 0 bridgehead atoms. The Morgan fingerprint density at radius 3 is 2.33 bits per heavy atom. The first-order valence-corrected chi connectivity index (χ1v) is 7.25. The lowest BCUT2D eigenvalue weighted by Crippen LogP contribution is -2.09. The van der Waals surface area contributed by atoms with E-state index in [0.29, 0.717) is 12.2 Å². The van der Waals surface area contributed by atoms with Gasteiger partial charge in [0.1, 0.15) is 0 Å². The second kappa shape index (κ2) is 5.14. The Morgan fingerprint density at radius 1 is 1.11 bits per heavy atom. The van der Waals surface area contributed by atoms with Crippen LogP contribution in [0.2, 0.25) is 0 Å². The molecule has 0 saturated heterocycles. The van der Waals surface area contributed by atoms with Crippen molar-refractivity contribution in [3.05, 3.63) is 48.4 Å². The maximum absolute atomic E-state index is 11.0. The lowest BCUT2D eigenvalue weighted by Gasteiger charge is -2.07. The second-order valence-electron chi connectivity index (χ2n) is 3.94. The molecule has 2 aromatic rings. The molecule has 0 aliphatic carbocycles. The zero-order chi connectivity index (χ0) is 13.0. The minimum Gasteiger partial charge on any atom is -0.472 e. The highest BCUT2D eigenvalue weighted by Crippen LogP contribution is 2.15. The number of furan rings is 1. The van der Waals surface area contributed by atoms with Crippen LogP contribution in [0.3, 0.4) is 0 Å². The van der Waals surface area contributed by atoms with Gasteiger partial charge in [-0.25, -0.2) is 8.42 Å². The molecule has 1 aromatic heterocycles. The van der Waals surface area contributed by atoms with Crippen molar-refractivity contribution in [2.45, 2.75) is 6.54 Å². The van der Waals surface area contributed by atoms with Crippen molar-refractivity contribution in [2.75, 3.05) is 16.3 Å². The molecule has 2 N–H and O–H groups in total. The minimum atomic E-state index is -3.22. The van der Waals surface area contributed by atoms with Gasteiger partial charge in [-0.3, -0.25) is 4.72 Å².